The molecule has 0 aliphatic heterocycles. The molecule has 0 saturated heterocycles. The fourth-order valence-electron chi connectivity index (χ4n) is 2.21. The van der Waals surface area contributed by atoms with E-state index in [0.29, 0.717) is 18.3 Å². The van der Waals surface area contributed by atoms with E-state index >= 15 is 0 Å². The van der Waals surface area contributed by atoms with Crippen LogP contribution in [0.2, 0.25) is 0 Å². The van der Waals surface area contributed by atoms with Crippen molar-refractivity contribution in [3.63, 3.8) is 0 Å². The minimum absolute atomic E-state index is 0.171. The van der Waals surface area contributed by atoms with Crippen molar-refractivity contribution in [3.8, 4) is 5.75 Å². The molecule has 21 heavy (non-hydrogen) atoms. The molecule has 1 fully saturated rings. The SMILES string of the molecule is CCN(C(=O)COC(=O)c1cccc(OC)c1N)C1CC1. The third-order valence-electron chi connectivity index (χ3n) is 3.48. The smallest absolute Gasteiger partial charge is 0.340 e. The topological polar surface area (TPSA) is 81.9 Å². The summed E-state index contributed by atoms with van der Waals surface area (Å²) in [4.78, 5) is 25.7. The fourth-order valence-corrected chi connectivity index (χ4v) is 2.21. The van der Waals surface area contributed by atoms with Crippen LogP contribution < -0.4 is 10.5 Å². The summed E-state index contributed by atoms with van der Waals surface area (Å²) in [6.07, 6.45) is 2.05. The molecular formula is C15H20N2O4. The largest absolute Gasteiger partial charge is 0.495 e. The Balaban J connectivity index is 1.97. The van der Waals surface area contributed by atoms with Crippen molar-refractivity contribution >= 4 is 17.6 Å². The van der Waals surface area contributed by atoms with E-state index in [-0.39, 0.29) is 23.8 Å². The average molecular weight is 292 g/mol. The number of rotatable bonds is 6. The Morgan fingerprint density at radius 1 is 1.38 bits per heavy atom. The first-order chi connectivity index (χ1) is 10.1. The molecule has 114 valence electrons. The highest BCUT2D eigenvalue weighted by molar-refractivity contribution is 5.97. The Morgan fingerprint density at radius 2 is 2.10 bits per heavy atom. The minimum atomic E-state index is -0.619. The van der Waals surface area contributed by atoms with Gasteiger partial charge in [-0.15, -0.1) is 0 Å². The molecule has 1 aromatic carbocycles. The number of nitrogen functional groups attached to an aromatic ring is 1. The molecule has 0 heterocycles. The lowest BCUT2D eigenvalue weighted by atomic mass is 10.1. The highest BCUT2D eigenvalue weighted by Gasteiger charge is 2.31. The van der Waals surface area contributed by atoms with Crippen molar-refractivity contribution in [1.82, 2.24) is 4.90 Å². The molecule has 1 aromatic rings. The summed E-state index contributed by atoms with van der Waals surface area (Å²) in [6.45, 7) is 2.28. The van der Waals surface area contributed by atoms with Crippen LogP contribution in [-0.4, -0.2) is 43.1 Å². The van der Waals surface area contributed by atoms with Gasteiger partial charge in [0.05, 0.1) is 18.4 Å². The number of carbonyl (C=O) groups is 2. The average Bonchev–Trinajstić information content (AvgIpc) is 3.30. The number of anilines is 1. The van der Waals surface area contributed by atoms with Gasteiger partial charge in [-0.1, -0.05) is 6.07 Å². The van der Waals surface area contributed by atoms with E-state index in [2.05, 4.69) is 0 Å². The lowest BCUT2D eigenvalue weighted by Gasteiger charge is -2.20. The second-order valence-corrected chi connectivity index (χ2v) is 4.91. The van der Waals surface area contributed by atoms with Crippen LogP contribution in [0.3, 0.4) is 0 Å². The van der Waals surface area contributed by atoms with Crippen LogP contribution >= 0.6 is 0 Å². The normalized spacial score (nSPS) is 13.6. The number of benzene rings is 1. The summed E-state index contributed by atoms with van der Waals surface area (Å²) in [7, 11) is 1.47. The number of methoxy groups -OCH3 is 1. The molecule has 2 N–H and O–H groups in total. The molecule has 0 unspecified atom stereocenters. The number of hydrogen-bond acceptors (Lipinski definition) is 5. The van der Waals surface area contributed by atoms with Crippen molar-refractivity contribution < 1.29 is 19.1 Å². The zero-order valence-electron chi connectivity index (χ0n) is 12.3. The van der Waals surface area contributed by atoms with E-state index in [1.807, 2.05) is 6.92 Å². The molecule has 1 saturated carbocycles. The van der Waals surface area contributed by atoms with E-state index in [0.717, 1.165) is 12.8 Å². The number of nitrogens with zero attached hydrogens (tertiary/aromatic N) is 1. The summed E-state index contributed by atoms with van der Waals surface area (Å²) in [6, 6.07) is 5.16. The van der Waals surface area contributed by atoms with Crippen LogP contribution in [0, 0.1) is 0 Å². The number of amides is 1. The van der Waals surface area contributed by atoms with Gasteiger partial charge in [0.15, 0.2) is 6.61 Å². The van der Waals surface area contributed by atoms with Gasteiger partial charge in [0.1, 0.15) is 5.75 Å². The standard InChI is InChI=1S/C15H20N2O4/c1-3-17(10-7-8-10)13(18)9-21-15(19)11-5-4-6-12(20-2)14(11)16/h4-6,10H,3,7-9,16H2,1-2H3. The van der Waals surface area contributed by atoms with Crippen molar-refractivity contribution in [2.75, 3.05) is 26.0 Å². The van der Waals surface area contributed by atoms with Crippen LogP contribution in [0.4, 0.5) is 5.69 Å². The number of likely N-dealkylation sites (N-methyl/N-ethyl adjacent to an activating group) is 1. The van der Waals surface area contributed by atoms with Crippen LogP contribution in [0.15, 0.2) is 18.2 Å². The zero-order chi connectivity index (χ0) is 15.4. The van der Waals surface area contributed by atoms with Gasteiger partial charge < -0.3 is 20.1 Å². The lowest BCUT2D eigenvalue weighted by Crippen LogP contribution is -2.36. The summed E-state index contributed by atoms with van der Waals surface area (Å²) in [5, 5.41) is 0. The number of nitrogens with two attached hydrogens (primary N) is 1. The first-order valence-corrected chi connectivity index (χ1v) is 6.97. The van der Waals surface area contributed by atoms with Gasteiger partial charge in [0.25, 0.3) is 5.91 Å². The number of esters is 1. The Kier molecular flexibility index (Phi) is 4.67. The quantitative estimate of drug-likeness (QED) is 0.634. The van der Waals surface area contributed by atoms with E-state index in [9.17, 15) is 9.59 Å². The van der Waals surface area contributed by atoms with Gasteiger partial charge in [0.2, 0.25) is 0 Å². The third kappa shape index (κ3) is 3.45. The maximum absolute atomic E-state index is 12.0. The molecule has 6 nitrogen and oxygen atoms in total. The molecular weight excluding hydrogens is 272 g/mol. The maximum atomic E-state index is 12.0. The van der Waals surface area contributed by atoms with E-state index in [4.69, 9.17) is 15.2 Å². The van der Waals surface area contributed by atoms with E-state index < -0.39 is 5.97 Å². The molecule has 0 aromatic heterocycles. The molecule has 1 aliphatic rings. The number of ether oxygens (including phenoxy) is 2. The van der Waals surface area contributed by atoms with Gasteiger partial charge in [-0.05, 0) is 31.9 Å². The second kappa shape index (κ2) is 6.47. The minimum Gasteiger partial charge on any atom is -0.495 e. The molecule has 6 heteroatoms. The fraction of sp³-hybridized carbons (Fsp3) is 0.467. The van der Waals surface area contributed by atoms with Crippen LogP contribution in [0.1, 0.15) is 30.1 Å². The Hall–Kier alpha value is -2.24. The first-order valence-electron chi connectivity index (χ1n) is 6.97. The maximum Gasteiger partial charge on any atom is 0.340 e. The second-order valence-electron chi connectivity index (χ2n) is 4.91. The number of para-hydroxylation sites is 1. The molecule has 1 aliphatic carbocycles. The number of carbonyl (C=O) groups excluding carboxylic acids is 2. The molecule has 0 radical (unpaired) electrons. The monoisotopic (exact) mass is 292 g/mol. The zero-order valence-corrected chi connectivity index (χ0v) is 12.3. The lowest BCUT2D eigenvalue weighted by molar-refractivity contribution is -0.134. The first kappa shape index (κ1) is 15.2. The van der Waals surface area contributed by atoms with Crippen molar-refractivity contribution in [3.05, 3.63) is 23.8 Å². The predicted octanol–water partition coefficient (Wildman–Crippen LogP) is 1.45. The Bertz CT molecular complexity index is 540. The van der Waals surface area contributed by atoms with Crippen LogP contribution in [0.5, 0.6) is 5.75 Å². The summed E-state index contributed by atoms with van der Waals surface area (Å²) < 4.78 is 10.1. The summed E-state index contributed by atoms with van der Waals surface area (Å²) >= 11 is 0. The summed E-state index contributed by atoms with van der Waals surface area (Å²) in [5.74, 6) is -0.384. The van der Waals surface area contributed by atoms with Crippen molar-refractivity contribution in [1.29, 1.82) is 0 Å². The Morgan fingerprint density at radius 3 is 2.67 bits per heavy atom. The number of hydrogen-bond donors (Lipinski definition) is 1. The predicted molar refractivity (Wildman–Crippen MR) is 78.1 cm³/mol. The van der Waals surface area contributed by atoms with Crippen molar-refractivity contribution in [2.45, 2.75) is 25.8 Å². The molecule has 0 spiro atoms. The van der Waals surface area contributed by atoms with Gasteiger partial charge >= 0.3 is 5.97 Å². The Labute approximate surface area is 123 Å². The highest BCUT2D eigenvalue weighted by Crippen LogP contribution is 2.27. The van der Waals surface area contributed by atoms with Crippen molar-refractivity contribution in [2.24, 2.45) is 0 Å². The van der Waals surface area contributed by atoms with Gasteiger partial charge in [-0.25, -0.2) is 4.79 Å². The highest BCUT2D eigenvalue weighted by atomic mass is 16.5. The molecule has 1 amide bonds. The molecule has 0 bridgehead atoms. The molecule has 0 atom stereocenters. The van der Waals surface area contributed by atoms with E-state index in [1.54, 1.807) is 23.1 Å². The van der Waals surface area contributed by atoms with Crippen LogP contribution in [-0.2, 0) is 9.53 Å². The van der Waals surface area contributed by atoms with Gasteiger partial charge in [-0.3, -0.25) is 4.79 Å². The van der Waals surface area contributed by atoms with Crippen LogP contribution in [0.25, 0.3) is 0 Å². The summed E-state index contributed by atoms with van der Waals surface area (Å²) in [5.41, 5.74) is 6.24. The molecule has 2 rings (SSSR count). The van der Waals surface area contributed by atoms with Gasteiger partial charge in [0, 0.05) is 12.6 Å². The third-order valence-corrected chi connectivity index (χ3v) is 3.48. The van der Waals surface area contributed by atoms with E-state index in [1.165, 1.54) is 7.11 Å². The van der Waals surface area contributed by atoms with Gasteiger partial charge in [-0.2, -0.15) is 0 Å².